The first-order chi connectivity index (χ1) is 23.1. The van der Waals surface area contributed by atoms with E-state index in [9.17, 15) is 24.8 Å². The number of ether oxygens (including phenoxy) is 2. The fourth-order valence-electron chi connectivity index (χ4n) is 6.08. The number of carbonyl (C=O) groups is 1. The molecule has 1 aromatic carbocycles. The number of hydrogen-bond donors (Lipinski definition) is 1. The molecule has 3 aromatic heterocycles. The van der Waals surface area contributed by atoms with Gasteiger partial charge in [-0.3, -0.25) is 24.5 Å². The summed E-state index contributed by atoms with van der Waals surface area (Å²) in [7, 11) is 1.29. The fourth-order valence-corrected chi connectivity index (χ4v) is 6.08. The van der Waals surface area contributed by atoms with Crippen molar-refractivity contribution in [1.82, 2.24) is 19.4 Å². The summed E-state index contributed by atoms with van der Waals surface area (Å²) in [4.78, 5) is 51.2. The lowest BCUT2D eigenvalue weighted by Crippen LogP contribution is -2.57. The van der Waals surface area contributed by atoms with E-state index < -0.39 is 57.8 Å². The van der Waals surface area contributed by atoms with Crippen LogP contribution >= 0.6 is 0 Å². The van der Waals surface area contributed by atoms with Gasteiger partial charge in [-0.15, -0.1) is 0 Å². The number of fused-ring (bicyclic) bond motifs is 1. The molecule has 0 unspecified atom stereocenters. The van der Waals surface area contributed by atoms with Crippen LogP contribution in [0.3, 0.4) is 0 Å². The first-order valence-corrected chi connectivity index (χ1v) is 15.7. The maximum absolute atomic E-state index is 16.3. The molecule has 1 amide bonds. The van der Waals surface area contributed by atoms with Gasteiger partial charge in [0.1, 0.15) is 28.5 Å². The average molecular weight is 681 g/mol. The van der Waals surface area contributed by atoms with Crippen molar-refractivity contribution < 1.29 is 33.1 Å². The van der Waals surface area contributed by atoms with Crippen LogP contribution in [0.15, 0.2) is 41.3 Å². The van der Waals surface area contributed by atoms with E-state index in [1.807, 2.05) is 13.8 Å². The highest BCUT2D eigenvalue weighted by molar-refractivity contribution is 5.97. The van der Waals surface area contributed by atoms with Gasteiger partial charge in [-0.05, 0) is 63.4 Å². The quantitative estimate of drug-likeness (QED) is 0.196. The molecule has 0 spiro atoms. The largest absolute Gasteiger partial charge is 0.496 e. The summed E-state index contributed by atoms with van der Waals surface area (Å²) in [6.45, 7) is 9.70. The van der Waals surface area contributed by atoms with Gasteiger partial charge in [0.2, 0.25) is 0 Å². The SMILES string of the molecule is COc1cccc(F)c1-c1nc2c(cc1F)c(N1CCN(C(=O)OC(C)(C)C)C[C@H]1CO)c([N+](=O)[O-])c(=O)n2-c1c(C)ccnc1C(C)C. The van der Waals surface area contributed by atoms with Gasteiger partial charge >= 0.3 is 17.3 Å². The summed E-state index contributed by atoms with van der Waals surface area (Å²) < 4.78 is 43.5. The number of aryl methyl sites for hydroxylation is 1. The number of nitro groups is 1. The minimum Gasteiger partial charge on any atom is -0.496 e. The molecule has 5 rings (SSSR count). The summed E-state index contributed by atoms with van der Waals surface area (Å²) in [6, 6.07) is 5.55. The lowest BCUT2D eigenvalue weighted by atomic mass is 10.0. The van der Waals surface area contributed by atoms with Crippen molar-refractivity contribution in [2.24, 2.45) is 0 Å². The van der Waals surface area contributed by atoms with Crippen molar-refractivity contribution >= 4 is 28.5 Å². The van der Waals surface area contributed by atoms with E-state index in [0.29, 0.717) is 11.3 Å². The molecular weight excluding hydrogens is 642 g/mol. The van der Waals surface area contributed by atoms with Crippen LogP contribution in [0.5, 0.6) is 5.75 Å². The number of benzene rings is 1. The number of methoxy groups -OCH3 is 1. The highest BCUT2D eigenvalue weighted by Gasteiger charge is 2.39. The molecular formula is C34H38F2N6O7. The normalized spacial score (nSPS) is 15.2. The third kappa shape index (κ3) is 6.49. The molecule has 15 heteroatoms. The van der Waals surface area contributed by atoms with Crippen LogP contribution in [0.1, 0.15) is 51.8 Å². The van der Waals surface area contributed by atoms with E-state index in [2.05, 4.69) is 9.97 Å². The Morgan fingerprint density at radius 3 is 2.49 bits per heavy atom. The Morgan fingerprint density at radius 2 is 1.88 bits per heavy atom. The lowest BCUT2D eigenvalue weighted by Gasteiger charge is -2.42. The van der Waals surface area contributed by atoms with E-state index in [-0.39, 0.29) is 59.3 Å². The van der Waals surface area contributed by atoms with Crippen molar-refractivity contribution in [1.29, 1.82) is 0 Å². The molecule has 4 aromatic rings. The summed E-state index contributed by atoms with van der Waals surface area (Å²) in [5.41, 5.74) is -2.95. The third-order valence-corrected chi connectivity index (χ3v) is 8.22. The van der Waals surface area contributed by atoms with Crippen LogP contribution in [0.25, 0.3) is 28.0 Å². The molecule has 0 saturated carbocycles. The molecule has 0 bridgehead atoms. The van der Waals surface area contributed by atoms with Gasteiger partial charge < -0.3 is 24.4 Å². The third-order valence-electron chi connectivity index (χ3n) is 8.22. The minimum atomic E-state index is -1.10. The zero-order chi connectivity index (χ0) is 35.9. The summed E-state index contributed by atoms with van der Waals surface area (Å²) in [5.74, 6) is -2.18. The van der Waals surface area contributed by atoms with Crippen LogP contribution in [0, 0.1) is 28.7 Å². The first-order valence-electron chi connectivity index (χ1n) is 15.7. The first kappa shape index (κ1) is 35.1. The van der Waals surface area contributed by atoms with Crippen LogP contribution in [-0.2, 0) is 4.74 Å². The lowest BCUT2D eigenvalue weighted by molar-refractivity contribution is -0.385. The van der Waals surface area contributed by atoms with Gasteiger partial charge in [0.05, 0.1) is 47.0 Å². The van der Waals surface area contributed by atoms with E-state index in [1.165, 1.54) is 29.0 Å². The highest BCUT2D eigenvalue weighted by Crippen LogP contribution is 2.41. The average Bonchev–Trinajstić information content (AvgIpc) is 3.03. The van der Waals surface area contributed by atoms with Gasteiger partial charge in [-0.1, -0.05) is 19.9 Å². The van der Waals surface area contributed by atoms with E-state index in [0.717, 1.165) is 16.7 Å². The second kappa shape index (κ2) is 13.4. The number of pyridine rings is 3. The molecule has 260 valence electrons. The molecule has 1 aliphatic heterocycles. The second-order valence-electron chi connectivity index (χ2n) is 13.1. The predicted octanol–water partition coefficient (Wildman–Crippen LogP) is 5.49. The molecule has 13 nitrogen and oxygen atoms in total. The van der Waals surface area contributed by atoms with Crippen molar-refractivity contribution in [3.63, 3.8) is 0 Å². The monoisotopic (exact) mass is 680 g/mol. The second-order valence-corrected chi connectivity index (χ2v) is 13.1. The zero-order valence-corrected chi connectivity index (χ0v) is 28.3. The van der Waals surface area contributed by atoms with Crippen LogP contribution < -0.4 is 15.2 Å². The number of piperazine rings is 1. The Labute approximate surface area is 280 Å². The Morgan fingerprint density at radius 1 is 1.16 bits per heavy atom. The summed E-state index contributed by atoms with van der Waals surface area (Å²) >= 11 is 0. The van der Waals surface area contributed by atoms with Crippen molar-refractivity contribution in [3.8, 4) is 22.7 Å². The predicted molar refractivity (Wildman–Crippen MR) is 179 cm³/mol. The Balaban J connectivity index is 1.88. The molecule has 4 heterocycles. The summed E-state index contributed by atoms with van der Waals surface area (Å²) in [6.07, 6.45) is 0.896. The number of amides is 1. The molecule has 1 saturated heterocycles. The molecule has 1 atom stereocenters. The number of carbonyl (C=O) groups excluding carboxylic acids is 1. The Bertz CT molecular complexity index is 2010. The topological polar surface area (TPSA) is 153 Å². The van der Waals surface area contributed by atoms with Crippen molar-refractivity contribution in [3.05, 3.63) is 79.9 Å². The van der Waals surface area contributed by atoms with Gasteiger partial charge in [0.25, 0.3) is 0 Å². The molecule has 0 radical (unpaired) electrons. The number of aromatic nitrogens is 3. The number of aliphatic hydroxyl groups excluding tert-OH is 1. The maximum Gasteiger partial charge on any atom is 0.410 e. The smallest absolute Gasteiger partial charge is 0.410 e. The van der Waals surface area contributed by atoms with Crippen LogP contribution in [0.2, 0.25) is 0 Å². The minimum absolute atomic E-state index is 0.00672. The van der Waals surface area contributed by atoms with Gasteiger partial charge in [-0.2, -0.15) is 0 Å². The number of halogens is 2. The standard InChI is InChI=1S/C34H38F2N6O7/c1-18(2)26-28(19(3)11-12-37-26)41-31-21(15-23(36)27(38-31)25-22(35)9-8-10-24(25)48-7)29(30(32(41)44)42(46)47)40-14-13-39(16-20(40)17-43)33(45)49-34(4,5)6/h8-12,15,18,20,43H,13-14,16-17H2,1-7H3/t20-/m0/s1. The Kier molecular flexibility index (Phi) is 9.59. The number of aliphatic hydroxyl groups is 1. The number of rotatable bonds is 7. The van der Waals surface area contributed by atoms with Gasteiger partial charge in [-0.25, -0.2) is 18.6 Å². The van der Waals surface area contributed by atoms with E-state index in [4.69, 9.17) is 9.47 Å². The molecule has 1 fully saturated rings. The molecule has 1 N–H and O–H groups in total. The highest BCUT2D eigenvalue weighted by atomic mass is 19.1. The number of hydrogen-bond acceptors (Lipinski definition) is 10. The van der Waals surface area contributed by atoms with Gasteiger partial charge in [0.15, 0.2) is 11.5 Å². The zero-order valence-electron chi connectivity index (χ0n) is 28.3. The number of nitrogens with zero attached hydrogens (tertiary/aromatic N) is 6. The summed E-state index contributed by atoms with van der Waals surface area (Å²) in [5, 5.41) is 23.2. The van der Waals surface area contributed by atoms with E-state index in [1.54, 1.807) is 40.0 Å². The van der Waals surface area contributed by atoms with Crippen LogP contribution in [-0.4, -0.2) is 80.6 Å². The molecule has 0 aliphatic carbocycles. The molecule has 49 heavy (non-hydrogen) atoms. The maximum atomic E-state index is 16.3. The molecule has 1 aliphatic rings. The number of anilines is 1. The fraction of sp³-hybridized carbons (Fsp3) is 0.412. The van der Waals surface area contributed by atoms with E-state index >= 15 is 8.78 Å². The van der Waals surface area contributed by atoms with Crippen molar-refractivity contribution in [2.45, 2.75) is 59.1 Å². The van der Waals surface area contributed by atoms with Crippen molar-refractivity contribution in [2.75, 3.05) is 38.3 Å². The Hall–Kier alpha value is -5.18. The van der Waals surface area contributed by atoms with Crippen LogP contribution in [0.4, 0.5) is 25.0 Å². The van der Waals surface area contributed by atoms with Gasteiger partial charge in [0, 0.05) is 25.8 Å².